The lowest BCUT2D eigenvalue weighted by Crippen LogP contribution is -2.43. The zero-order chi connectivity index (χ0) is 20.5. The number of aromatic nitrogens is 1. The van der Waals surface area contributed by atoms with Gasteiger partial charge in [-0.15, -0.1) is 0 Å². The standard InChI is InChI=1S/C23H33N5O/c1-18-16-25-12-10-19(18)11-13-26-23(24-2)27-17-22(28-14-4-5-15-28)20-6-8-21(29-3)9-7-20/h6-10,12,16,22H,4-5,11,13-15,17H2,1-3H3,(H2,24,26,27). The summed E-state index contributed by atoms with van der Waals surface area (Å²) in [6, 6.07) is 10.8. The van der Waals surface area contributed by atoms with Gasteiger partial charge in [-0.3, -0.25) is 14.9 Å². The van der Waals surface area contributed by atoms with Crippen LogP contribution in [0.15, 0.2) is 47.7 Å². The summed E-state index contributed by atoms with van der Waals surface area (Å²) in [5, 5.41) is 6.97. The molecule has 6 heteroatoms. The molecule has 3 rings (SSSR count). The van der Waals surface area contributed by atoms with Gasteiger partial charge in [-0.25, -0.2) is 0 Å². The second-order valence-corrected chi connectivity index (χ2v) is 7.46. The van der Waals surface area contributed by atoms with E-state index in [9.17, 15) is 0 Å². The molecule has 2 aromatic rings. The second kappa shape index (κ2) is 10.8. The fourth-order valence-corrected chi connectivity index (χ4v) is 3.85. The summed E-state index contributed by atoms with van der Waals surface area (Å²) < 4.78 is 5.32. The minimum Gasteiger partial charge on any atom is -0.497 e. The Labute approximate surface area is 174 Å². The number of nitrogens with zero attached hydrogens (tertiary/aromatic N) is 3. The Morgan fingerprint density at radius 2 is 1.93 bits per heavy atom. The van der Waals surface area contributed by atoms with Crippen molar-refractivity contribution in [2.45, 2.75) is 32.2 Å². The first kappa shape index (κ1) is 21.1. The number of methoxy groups -OCH3 is 1. The zero-order valence-electron chi connectivity index (χ0n) is 17.8. The number of hydrogen-bond donors (Lipinski definition) is 2. The molecule has 0 spiro atoms. The number of nitrogens with one attached hydrogen (secondary N) is 2. The predicted octanol–water partition coefficient (Wildman–Crippen LogP) is 2.94. The van der Waals surface area contributed by atoms with Gasteiger partial charge in [0, 0.05) is 32.5 Å². The summed E-state index contributed by atoms with van der Waals surface area (Å²) in [4.78, 5) is 11.1. The Bertz CT molecular complexity index is 784. The third-order valence-corrected chi connectivity index (χ3v) is 5.59. The Morgan fingerprint density at radius 1 is 1.17 bits per heavy atom. The molecule has 0 amide bonds. The first-order valence-electron chi connectivity index (χ1n) is 10.4. The Balaban J connectivity index is 1.57. The van der Waals surface area contributed by atoms with E-state index in [2.05, 4.69) is 50.6 Å². The van der Waals surface area contributed by atoms with Crippen LogP contribution in [0, 0.1) is 6.92 Å². The van der Waals surface area contributed by atoms with E-state index in [1.807, 2.05) is 31.6 Å². The van der Waals surface area contributed by atoms with Crippen molar-refractivity contribution in [1.82, 2.24) is 20.5 Å². The number of benzene rings is 1. The average molecular weight is 396 g/mol. The average Bonchev–Trinajstić information content (AvgIpc) is 3.29. The van der Waals surface area contributed by atoms with E-state index < -0.39 is 0 Å². The highest BCUT2D eigenvalue weighted by molar-refractivity contribution is 5.79. The number of pyridine rings is 1. The third-order valence-electron chi connectivity index (χ3n) is 5.59. The number of likely N-dealkylation sites (tertiary alicyclic amines) is 1. The van der Waals surface area contributed by atoms with Crippen LogP contribution in [0.3, 0.4) is 0 Å². The highest BCUT2D eigenvalue weighted by atomic mass is 16.5. The Morgan fingerprint density at radius 3 is 2.59 bits per heavy atom. The van der Waals surface area contributed by atoms with Crippen molar-refractivity contribution in [3.05, 3.63) is 59.4 Å². The molecule has 0 saturated carbocycles. The lowest BCUT2D eigenvalue weighted by molar-refractivity contribution is 0.245. The maximum Gasteiger partial charge on any atom is 0.191 e. The first-order chi connectivity index (χ1) is 14.2. The topological polar surface area (TPSA) is 61.8 Å². The van der Waals surface area contributed by atoms with Crippen LogP contribution < -0.4 is 15.4 Å². The maximum absolute atomic E-state index is 5.32. The van der Waals surface area contributed by atoms with Crippen molar-refractivity contribution in [2.75, 3.05) is 40.3 Å². The van der Waals surface area contributed by atoms with Crippen LogP contribution in [0.2, 0.25) is 0 Å². The zero-order valence-corrected chi connectivity index (χ0v) is 17.8. The molecule has 29 heavy (non-hydrogen) atoms. The molecule has 1 unspecified atom stereocenters. The largest absolute Gasteiger partial charge is 0.497 e. The van der Waals surface area contributed by atoms with Gasteiger partial charge < -0.3 is 15.4 Å². The number of rotatable bonds is 8. The molecule has 1 aromatic carbocycles. The molecule has 0 radical (unpaired) electrons. The van der Waals surface area contributed by atoms with Crippen LogP contribution in [0.25, 0.3) is 0 Å². The monoisotopic (exact) mass is 395 g/mol. The molecule has 1 aromatic heterocycles. The van der Waals surface area contributed by atoms with Gasteiger partial charge in [0.05, 0.1) is 13.2 Å². The maximum atomic E-state index is 5.32. The van der Waals surface area contributed by atoms with Crippen molar-refractivity contribution in [2.24, 2.45) is 4.99 Å². The smallest absolute Gasteiger partial charge is 0.191 e. The van der Waals surface area contributed by atoms with Gasteiger partial charge in [0.2, 0.25) is 0 Å². The lowest BCUT2D eigenvalue weighted by atomic mass is 10.1. The molecule has 1 aliphatic heterocycles. The van der Waals surface area contributed by atoms with Gasteiger partial charge in [0.1, 0.15) is 5.75 Å². The summed E-state index contributed by atoms with van der Waals surface area (Å²) in [6.07, 6.45) is 7.25. The molecule has 6 nitrogen and oxygen atoms in total. The van der Waals surface area contributed by atoms with Crippen LogP contribution in [0.1, 0.15) is 35.6 Å². The van der Waals surface area contributed by atoms with Crippen LogP contribution in [0.4, 0.5) is 0 Å². The van der Waals surface area contributed by atoms with Gasteiger partial charge in [-0.2, -0.15) is 0 Å². The molecule has 0 aliphatic carbocycles. The van der Waals surface area contributed by atoms with Crippen molar-refractivity contribution in [3.8, 4) is 5.75 Å². The lowest BCUT2D eigenvalue weighted by Gasteiger charge is -2.29. The minimum atomic E-state index is 0.324. The summed E-state index contributed by atoms with van der Waals surface area (Å²) in [5.41, 5.74) is 3.85. The molecular formula is C23H33N5O. The summed E-state index contributed by atoms with van der Waals surface area (Å²) in [6.45, 7) is 6.05. The van der Waals surface area contributed by atoms with Crippen LogP contribution in [-0.4, -0.2) is 56.2 Å². The van der Waals surface area contributed by atoms with E-state index in [0.29, 0.717) is 6.04 Å². The highest BCUT2D eigenvalue weighted by Gasteiger charge is 2.23. The predicted molar refractivity (Wildman–Crippen MR) is 119 cm³/mol. The van der Waals surface area contributed by atoms with E-state index >= 15 is 0 Å². The molecule has 1 atom stereocenters. The third kappa shape index (κ3) is 5.94. The van der Waals surface area contributed by atoms with E-state index in [1.54, 1.807) is 7.11 Å². The van der Waals surface area contributed by atoms with Gasteiger partial charge >= 0.3 is 0 Å². The van der Waals surface area contributed by atoms with Crippen molar-refractivity contribution in [1.29, 1.82) is 0 Å². The number of guanidine groups is 1. The van der Waals surface area contributed by atoms with Crippen LogP contribution in [0.5, 0.6) is 5.75 Å². The highest BCUT2D eigenvalue weighted by Crippen LogP contribution is 2.26. The molecular weight excluding hydrogens is 362 g/mol. The summed E-state index contributed by atoms with van der Waals surface area (Å²) in [5.74, 6) is 1.74. The number of ether oxygens (including phenoxy) is 1. The van der Waals surface area contributed by atoms with Crippen LogP contribution in [-0.2, 0) is 6.42 Å². The number of aliphatic imine (C=N–C) groups is 1. The normalized spacial score (nSPS) is 15.9. The van der Waals surface area contributed by atoms with Crippen molar-refractivity contribution >= 4 is 5.96 Å². The molecule has 1 aliphatic rings. The van der Waals surface area contributed by atoms with Gasteiger partial charge in [-0.1, -0.05) is 12.1 Å². The van der Waals surface area contributed by atoms with E-state index in [1.165, 1.54) is 29.5 Å². The molecule has 156 valence electrons. The Hall–Kier alpha value is -2.60. The quantitative estimate of drug-likeness (QED) is 0.532. The molecule has 2 heterocycles. The van der Waals surface area contributed by atoms with Crippen molar-refractivity contribution in [3.63, 3.8) is 0 Å². The van der Waals surface area contributed by atoms with Gasteiger partial charge in [0.25, 0.3) is 0 Å². The van der Waals surface area contributed by atoms with Crippen molar-refractivity contribution < 1.29 is 4.74 Å². The molecule has 2 N–H and O–H groups in total. The molecule has 1 fully saturated rings. The molecule has 1 saturated heterocycles. The SMILES string of the molecule is CN=C(NCCc1ccncc1C)NCC(c1ccc(OC)cc1)N1CCCC1. The fourth-order valence-electron chi connectivity index (χ4n) is 3.85. The minimum absolute atomic E-state index is 0.324. The van der Waals surface area contributed by atoms with E-state index in [4.69, 9.17) is 4.74 Å². The summed E-state index contributed by atoms with van der Waals surface area (Å²) in [7, 11) is 3.53. The first-order valence-corrected chi connectivity index (χ1v) is 10.4. The van der Waals surface area contributed by atoms with Crippen LogP contribution >= 0.6 is 0 Å². The number of hydrogen-bond acceptors (Lipinski definition) is 4. The van der Waals surface area contributed by atoms with E-state index in [0.717, 1.165) is 44.3 Å². The van der Waals surface area contributed by atoms with E-state index in [-0.39, 0.29) is 0 Å². The Kier molecular flexibility index (Phi) is 7.87. The number of aryl methyl sites for hydroxylation is 1. The molecule has 0 bridgehead atoms. The second-order valence-electron chi connectivity index (χ2n) is 7.46. The van der Waals surface area contributed by atoms with Gasteiger partial charge in [0.15, 0.2) is 5.96 Å². The van der Waals surface area contributed by atoms with Gasteiger partial charge in [-0.05, 0) is 74.2 Å². The summed E-state index contributed by atoms with van der Waals surface area (Å²) >= 11 is 0. The fraction of sp³-hybridized carbons (Fsp3) is 0.478.